The van der Waals surface area contributed by atoms with Gasteiger partial charge in [-0.1, -0.05) is 34.1 Å². The summed E-state index contributed by atoms with van der Waals surface area (Å²) in [6.07, 6.45) is 0. The smallest absolute Gasteiger partial charge is 0.161 e. The van der Waals surface area contributed by atoms with Gasteiger partial charge in [-0.3, -0.25) is 0 Å². The van der Waals surface area contributed by atoms with E-state index in [-0.39, 0.29) is 0 Å². The van der Waals surface area contributed by atoms with Crippen molar-refractivity contribution in [2.24, 2.45) is 0 Å². The molecule has 0 aliphatic rings. The second kappa shape index (κ2) is 6.48. The molecule has 0 aromatic heterocycles. The van der Waals surface area contributed by atoms with Gasteiger partial charge in [-0.2, -0.15) is 0 Å². The van der Waals surface area contributed by atoms with Gasteiger partial charge in [0.15, 0.2) is 11.5 Å². The minimum atomic E-state index is 0.463. The topological polar surface area (TPSA) is 27.7 Å². The van der Waals surface area contributed by atoms with Crippen molar-refractivity contribution in [2.75, 3.05) is 14.2 Å². The van der Waals surface area contributed by atoms with Crippen LogP contribution < -0.4 is 14.2 Å². The Morgan fingerprint density at radius 1 is 0.947 bits per heavy atom. The van der Waals surface area contributed by atoms with Crippen LogP contribution in [0.15, 0.2) is 46.9 Å². The van der Waals surface area contributed by atoms with Crippen molar-refractivity contribution < 1.29 is 14.2 Å². The minimum Gasteiger partial charge on any atom is -0.493 e. The quantitative estimate of drug-likeness (QED) is 0.831. The molecule has 0 N–H and O–H groups in total. The number of hydrogen-bond acceptors (Lipinski definition) is 3. The van der Waals surface area contributed by atoms with E-state index in [0.29, 0.717) is 18.1 Å². The van der Waals surface area contributed by atoms with Gasteiger partial charge in [-0.15, -0.1) is 0 Å². The number of hydrogen-bond donors (Lipinski definition) is 0. The molecule has 0 radical (unpaired) electrons. The van der Waals surface area contributed by atoms with Crippen LogP contribution in [0.3, 0.4) is 0 Å². The molecule has 19 heavy (non-hydrogen) atoms. The number of benzene rings is 2. The summed E-state index contributed by atoms with van der Waals surface area (Å²) in [4.78, 5) is 0. The van der Waals surface area contributed by atoms with E-state index in [1.54, 1.807) is 14.2 Å². The molecule has 0 saturated carbocycles. The SMILES string of the molecule is COc1cc(Br)c(COc2ccccc2)cc1OC. The summed E-state index contributed by atoms with van der Waals surface area (Å²) in [5.41, 5.74) is 1.00. The highest BCUT2D eigenvalue weighted by molar-refractivity contribution is 9.10. The van der Waals surface area contributed by atoms with E-state index in [9.17, 15) is 0 Å². The van der Waals surface area contributed by atoms with Crippen molar-refractivity contribution in [3.8, 4) is 17.2 Å². The van der Waals surface area contributed by atoms with Crippen molar-refractivity contribution in [1.29, 1.82) is 0 Å². The summed E-state index contributed by atoms with van der Waals surface area (Å²) in [6.45, 7) is 0.463. The van der Waals surface area contributed by atoms with E-state index in [1.807, 2.05) is 42.5 Å². The van der Waals surface area contributed by atoms with Crippen molar-refractivity contribution in [3.63, 3.8) is 0 Å². The monoisotopic (exact) mass is 322 g/mol. The highest BCUT2D eigenvalue weighted by Gasteiger charge is 2.10. The molecule has 0 bridgehead atoms. The molecule has 3 nitrogen and oxygen atoms in total. The van der Waals surface area contributed by atoms with Crippen molar-refractivity contribution in [3.05, 3.63) is 52.5 Å². The number of rotatable bonds is 5. The van der Waals surface area contributed by atoms with Crippen LogP contribution in [0, 0.1) is 0 Å². The molecule has 2 aromatic rings. The molecule has 2 rings (SSSR count). The second-order valence-corrected chi connectivity index (χ2v) is 4.75. The van der Waals surface area contributed by atoms with E-state index < -0.39 is 0 Å². The number of halogens is 1. The lowest BCUT2D eigenvalue weighted by molar-refractivity contribution is 0.303. The van der Waals surface area contributed by atoms with Gasteiger partial charge in [0, 0.05) is 10.0 Å². The largest absolute Gasteiger partial charge is 0.493 e. The highest BCUT2D eigenvalue weighted by Crippen LogP contribution is 2.33. The summed E-state index contributed by atoms with van der Waals surface area (Å²) in [5.74, 6) is 2.22. The van der Waals surface area contributed by atoms with Crippen LogP contribution in [0.2, 0.25) is 0 Å². The van der Waals surface area contributed by atoms with Crippen LogP contribution in [-0.2, 0) is 6.61 Å². The molecule has 0 aliphatic heterocycles. The Balaban J connectivity index is 2.16. The van der Waals surface area contributed by atoms with Crippen LogP contribution in [0.4, 0.5) is 0 Å². The predicted molar refractivity (Wildman–Crippen MR) is 78.0 cm³/mol. The number of ether oxygens (including phenoxy) is 3. The van der Waals surface area contributed by atoms with Crippen LogP contribution in [-0.4, -0.2) is 14.2 Å². The fourth-order valence-corrected chi connectivity index (χ4v) is 2.12. The summed E-state index contributed by atoms with van der Waals surface area (Å²) in [6, 6.07) is 13.5. The van der Waals surface area contributed by atoms with Crippen molar-refractivity contribution >= 4 is 15.9 Å². The first-order chi connectivity index (χ1) is 9.24. The van der Waals surface area contributed by atoms with Crippen molar-refractivity contribution in [1.82, 2.24) is 0 Å². The Hall–Kier alpha value is -1.68. The Labute approximate surface area is 121 Å². The molecule has 0 fully saturated rings. The molecule has 0 spiro atoms. The third-order valence-electron chi connectivity index (χ3n) is 2.69. The first-order valence-electron chi connectivity index (χ1n) is 5.83. The normalized spacial score (nSPS) is 10.1. The van der Waals surface area contributed by atoms with Gasteiger partial charge in [0.05, 0.1) is 14.2 Å². The number of para-hydroxylation sites is 1. The zero-order valence-electron chi connectivity index (χ0n) is 10.9. The zero-order valence-corrected chi connectivity index (χ0v) is 12.4. The van der Waals surface area contributed by atoms with Crippen LogP contribution in [0.25, 0.3) is 0 Å². The van der Waals surface area contributed by atoms with Gasteiger partial charge < -0.3 is 14.2 Å². The highest BCUT2D eigenvalue weighted by atomic mass is 79.9. The summed E-state index contributed by atoms with van der Waals surface area (Å²) < 4.78 is 17.2. The third-order valence-corrected chi connectivity index (χ3v) is 3.43. The van der Waals surface area contributed by atoms with Gasteiger partial charge in [-0.05, 0) is 24.3 Å². The molecule has 100 valence electrons. The van der Waals surface area contributed by atoms with E-state index >= 15 is 0 Å². The van der Waals surface area contributed by atoms with Crippen LogP contribution in [0.1, 0.15) is 5.56 Å². The zero-order chi connectivity index (χ0) is 13.7. The van der Waals surface area contributed by atoms with Crippen LogP contribution >= 0.6 is 15.9 Å². The fraction of sp³-hybridized carbons (Fsp3) is 0.200. The second-order valence-electron chi connectivity index (χ2n) is 3.90. The third kappa shape index (κ3) is 3.41. The molecule has 0 heterocycles. The van der Waals surface area contributed by atoms with E-state index in [0.717, 1.165) is 15.8 Å². The molecule has 0 saturated heterocycles. The average Bonchev–Trinajstić information content (AvgIpc) is 2.46. The van der Waals surface area contributed by atoms with E-state index in [1.165, 1.54) is 0 Å². The lowest BCUT2D eigenvalue weighted by Gasteiger charge is -2.12. The van der Waals surface area contributed by atoms with Gasteiger partial charge in [0.1, 0.15) is 12.4 Å². The Morgan fingerprint density at radius 3 is 2.21 bits per heavy atom. The standard InChI is InChI=1S/C15H15BrO3/c1-17-14-8-11(13(16)9-15(14)18-2)10-19-12-6-4-3-5-7-12/h3-9H,10H2,1-2H3. The fourth-order valence-electron chi connectivity index (χ4n) is 1.68. The first kappa shape index (κ1) is 13.7. The predicted octanol–water partition coefficient (Wildman–Crippen LogP) is 4.05. The molecular formula is C15H15BrO3. The van der Waals surface area contributed by atoms with Crippen LogP contribution in [0.5, 0.6) is 17.2 Å². The minimum absolute atomic E-state index is 0.463. The molecule has 0 aliphatic carbocycles. The molecule has 0 unspecified atom stereocenters. The maximum absolute atomic E-state index is 5.72. The Bertz CT molecular complexity index is 541. The van der Waals surface area contributed by atoms with Gasteiger partial charge in [-0.25, -0.2) is 0 Å². The lowest BCUT2D eigenvalue weighted by Crippen LogP contribution is -1.99. The van der Waals surface area contributed by atoms with E-state index in [4.69, 9.17) is 14.2 Å². The molecule has 0 atom stereocenters. The Kier molecular flexibility index (Phi) is 4.68. The molecule has 4 heteroatoms. The van der Waals surface area contributed by atoms with Gasteiger partial charge >= 0.3 is 0 Å². The summed E-state index contributed by atoms with van der Waals surface area (Å²) in [5, 5.41) is 0. The van der Waals surface area contributed by atoms with E-state index in [2.05, 4.69) is 15.9 Å². The number of methoxy groups -OCH3 is 2. The molecule has 0 amide bonds. The molecular weight excluding hydrogens is 308 g/mol. The van der Waals surface area contributed by atoms with Crippen molar-refractivity contribution in [2.45, 2.75) is 6.61 Å². The van der Waals surface area contributed by atoms with Gasteiger partial charge in [0.25, 0.3) is 0 Å². The molecule has 2 aromatic carbocycles. The lowest BCUT2D eigenvalue weighted by atomic mass is 10.2. The average molecular weight is 323 g/mol. The Morgan fingerprint density at radius 2 is 1.58 bits per heavy atom. The summed E-state index contributed by atoms with van der Waals surface area (Å²) >= 11 is 3.51. The maximum atomic E-state index is 5.72. The maximum Gasteiger partial charge on any atom is 0.161 e. The first-order valence-corrected chi connectivity index (χ1v) is 6.62. The summed E-state index contributed by atoms with van der Waals surface area (Å²) in [7, 11) is 3.23. The van der Waals surface area contributed by atoms with Gasteiger partial charge in [0.2, 0.25) is 0 Å².